The predicted octanol–water partition coefficient (Wildman–Crippen LogP) is 4.49. The quantitative estimate of drug-likeness (QED) is 0.711. The first-order chi connectivity index (χ1) is 7.86. The Kier molecular flexibility index (Phi) is 3.96. The van der Waals surface area contributed by atoms with Gasteiger partial charge in [0.2, 0.25) is 0 Å². The van der Waals surface area contributed by atoms with E-state index < -0.39 is 0 Å². The number of nitriles is 1. The Hall–Kier alpha value is -0.910. The summed E-state index contributed by atoms with van der Waals surface area (Å²) < 4.78 is 0. The zero-order valence-electron chi connectivity index (χ0n) is 11.9. The van der Waals surface area contributed by atoms with Crippen LogP contribution in [-0.4, -0.2) is 11.1 Å². The van der Waals surface area contributed by atoms with E-state index in [-0.39, 0.29) is 16.5 Å². The molecule has 0 aliphatic carbocycles. The number of nitrogens with zero attached hydrogens (tertiary/aromatic N) is 3. The van der Waals surface area contributed by atoms with Crippen molar-refractivity contribution >= 4 is 0 Å². The maximum absolute atomic E-state index is 9.59. The Morgan fingerprint density at radius 3 is 1.59 bits per heavy atom. The molecule has 0 aromatic heterocycles. The van der Waals surface area contributed by atoms with Gasteiger partial charge in [-0.3, -0.25) is 0 Å². The van der Waals surface area contributed by atoms with E-state index in [0.29, 0.717) is 0 Å². The average molecular weight is 235 g/mol. The molecule has 1 heterocycles. The van der Waals surface area contributed by atoms with Crippen LogP contribution in [0.5, 0.6) is 0 Å². The average Bonchev–Trinajstić information content (AvgIpc) is 2.47. The molecule has 0 amide bonds. The van der Waals surface area contributed by atoms with Crippen LogP contribution in [0.1, 0.15) is 66.7 Å². The van der Waals surface area contributed by atoms with Gasteiger partial charge in [-0.05, 0) is 46.0 Å². The van der Waals surface area contributed by atoms with E-state index in [2.05, 4.69) is 50.9 Å². The molecule has 0 saturated heterocycles. The van der Waals surface area contributed by atoms with Crippen molar-refractivity contribution < 1.29 is 0 Å². The Morgan fingerprint density at radius 1 is 0.941 bits per heavy atom. The van der Waals surface area contributed by atoms with Gasteiger partial charge < -0.3 is 0 Å². The summed E-state index contributed by atoms with van der Waals surface area (Å²) in [5, 5.41) is 18.7. The van der Waals surface area contributed by atoms with Crippen LogP contribution in [0.3, 0.4) is 0 Å². The van der Waals surface area contributed by atoms with Gasteiger partial charge in [0.25, 0.3) is 0 Å². The Bertz CT molecular complexity index is 320. The van der Waals surface area contributed by atoms with Gasteiger partial charge >= 0.3 is 0 Å². The van der Waals surface area contributed by atoms with E-state index >= 15 is 0 Å². The Balaban J connectivity index is 3.18. The molecule has 0 bridgehead atoms. The summed E-state index contributed by atoms with van der Waals surface area (Å²) in [6, 6.07) is 2.57. The zero-order valence-corrected chi connectivity index (χ0v) is 11.9. The fourth-order valence-corrected chi connectivity index (χ4v) is 2.63. The standard InChI is InChI=1S/C14H25N3/c1-6-12(4)9-14(8-3,11-15)10-13(5,7-2)17-16-12/h6-10H2,1-5H3. The van der Waals surface area contributed by atoms with E-state index in [4.69, 9.17) is 0 Å². The first kappa shape index (κ1) is 14.2. The summed E-state index contributed by atoms with van der Waals surface area (Å²) in [5.41, 5.74) is -0.601. The highest BCUT2D eigenvalue weighted by atomic mass is 15.2. The van der Waals surface area contributed by atoms with Gasteiger partial charge in [-0.15, -0.1) is 0 Å². The van der Waals surface area contributed by atoms with E-state index in [9.17, 15) is 5.26 Å². The number of hydrogen-bond acceptors (Lipinski definition) is 3. The molecule has 0 spiro atoms. The van der Waals surface area contributed by atoms with Gasteiger partial charge in [0, 0.05) is 0 Å². The first-order valence-corrected chi connectivity index (χ1v) is 6.72. The van der Waals surface area contributed by atoms with Crippen LogP contribution in [0.2, 0.25) is 0 Å². The van der Waals surface area contributed by atoms with Crippen molar-refractivity contribution in [1.82, 2.24) is 0 Å². The van der Waals surface area contributed by atoms with Gasteiger partial charge in [-0.25, -0.2) is 0 Å². The lowest BCUT2D eigenvalue weighted by molar-refractivity contribution is 0.220. The normalized spacial score (nSPS) is 41.9. The molecule has 0 aromatic carbocycles. The van der Waals surface area contributed by atoms with Crippen LogP contribution in [-0.2, 0) is 0 Å². The monoisotopic (exact) mass is 235 g/mol. The number of rotatable bonds is 3. The van der Waals surface area contributed by atoms with Crippen LogP contribution in [0.25, 0.3) is 0 Å². The molecule has 2 atom stereocenters. The molecule has 96 valence electrons. The Morgan fingerprint density at radius 2 is 1.35 bits per heavy atom. The molecule has 17 heavy (non-hydrogen) atoms. The molecule has 3 nitrogen and oxygen atoms in total. The maximum Gasteiger partial charge on any atom is 0.0800 e. The van der Waals surface area contributed by atoms with Crippen molar-refractivity contribution in [3.8, 4) is 6.07 Å². The molecular formula is C14H25N3. The zero-order chi connectivity index (χ0) is 13.2. The van der Waals surface area contributed by atoms with Crippen molar-refractivity contribution in [1.29, 1.82) is 5.26 Å². The van der Waals surface area contributed by atoms with Crippen LogP contribution >= 0.6 is 0 Å². The molecule has 0 aromatic rings. The molecule has 1 aliphatic heterocycles. The molecule has 0 N–H and O–H groups in total. The van der Waals surface area contributed by atoms with Gasteiger partial charge in [-0.1, -0.05) is 20.8 Å². The third kappa shape index (κ3) is 2.86. The highest BCUT2D eigenvalue weighted by Gasteiger charge is 2.45. The SMILES string of the molecule is CCC1(C#N)CC(C)(CC)N=NC(C)(CC)C1. The van der Waals surface area contributed by atoms with Crippen molar-refractivity contribution in [3.05, 3.63) is 0 Å². The topological polar surface area (TPSA) is 48.5 Å². The minimum absolute atomic E-state index is 0.168. The maximum atomic E-state index is 9.59. The van der Waals surface area contributed by atoms with E-state index in [1.807, 2.05) is 0 Å². The smallest absolute Gasteiger partial charge is 0.0800 e. The fourth-order valence-electron chi connectivity index (χ4n) is 2.63. The highest BCUT2D eigenvalue weighted by Crippen LogP contribution is 2.46. The van der Waals surface area contributed by atoms with E-state index in [0.717, 1.165) is 32.1 Å². The van der Waals surface area contributed by atoms with Gasteiger partial charge in [0.05, 0.1) is 22.6 Å². The van der Waals surface area contributed by atoms with Crippen LogP contribution < -0.4 is 0 Å². The Labute approximate surface area is 105 Å². The van der Waals surface area contributed by atoms with Gasteiger partial charge in [-0.2, -0.15) is 15.5 Å². The van der Waals surface area contributed by atoms with Crippen molar-refractivity contribution in [3.63, 3.8) is 0 Å². The lowest BCUT2D eigenvalue weighted by atomic mass is 9.69. The summed E-state index contributed by atoms with van der Waals surface area (Å²) in [5.74, 6) is 0. The highest BCUT2D eigenvalue weighted by molar-refractivity contribution is 5.09. The summed E-state index contributed by atoms with van der Waals surface area (Å²) >= 11 is 0. The van der Waals surface area contributed by atoms with E-state index in [1.165, 1.54) is 0 Å². The summed E-state index contributed by atoms with van der Waals surface area (Å²) in [6.07, 6.45) is 4.45. The molecule has 3 heteroatoms. The fraction of sp³-hybridized carbons (Fsp3) is 0.929. The lowest BCUT2D eigenvalue weighted by Crippen LogP contribution is -2.34. The minimum Gasteiger partial charge on any atom is -0.198 e. The third-order valence-electron chi connectivity index (χ3n) is 4.41. The number of hydrogen-bond donors (Lipinski definition) is 0. The number of azo groups is 1. The molecule has 1 aliphatic rings. The summed E-state index contributed by atoms with van der Waals surface area (Å²) in [6.45, 7) is 10.6. The van der Waals surface area contributed by atoms with Crippen molar-refractivity contribution in [2.24, 2.45) is 15.6 Å². The first-order valence-electron chi connectivity index (χ1n) is 6.72. The van der Waals surface area contributed by atoms with Crippen molar-refractivity contribution in [2.75, 3.05) is 0 Å². The van der Waals surface area contributed by atoms with Crippen LogP contribution in [0, 0.1) is 16.7 Å². The van der Waals surface area contributed by atoms with Gasteiger partial charge in [0.1, 0.15) is 0 Å². The minimum atomic E-state index is -0.265. The molecule has 2 unspecified atom stereocenters. The molecule has 1 rings (SSSR count). The predicted molar refractivity (Wildman–Crippen MR) is 69.8 cm³/mol. The van der Waals surface area contributed by atoms with Gasteiger partial charge in [0.15, 0.2) is 0 Å². The van der Waals surface area contributed by atoms with Crippen LogP contribution in [0.15, 0.2) is 10.2 Å². The third-order valence-corrected chi connectivity index (χ3v) is 4.41. The second-order valence-electron chi connectivity index (χ2n) is 6.00. The summed E-state index contributed by atoms with van der Waals surface area (Å²) in [4.78, 5) is 0. The summed E-state index contributed by atoms with van der Waals surface area (Å²) in [7, 11) is 0. The second kappa shape index (κ2) is 4.76. The van der Waals surface area contributed by atoms with E-state index in [1.54, 1.807) is 0 Å². The molecule has 0 saturated carbocycles. The largest absolute Gasteiger partial charge is 0.198 e. The lowest BCUT2D eigenvalue weighted by Gasteiger charge is -2.33. The molecule has 0 radical (unpaired) electrons. The second-order valence-corrected chi connectivity index (χ2v) is 6.00. The van der Waals surface area contributed by atoms with Crippen molar-refractivity contribution in [2.45, 2.75) is 77.8 Å². The molecular weight excluding hydrogens is 210 g/mol. The molecule has 0 fully saturated rings. The van der Waals surface area contributed by atoms with Crippen LogP contribution in [0.4, 0.5) is 0 Å².